The Morgan fingerprint density at radius 1 is 1.11 bits per heavy atom. The van der Waals surface area contributed by atoms with Crippen LogP contribution >= 0.6 is 23.2 Å². The van der Waals surface area contributed by atoms with Gasteiger partial charge in [-0.3, -0.25) is 14.4 Å². The highest BCUT2D eigenvalue weighted by Crippen LogP contribution is 2.27. The first kappa shape index (κ1) is 19.9. The lowest BCUT2D eigenvalue weighted by atomic mass is 9.90. The van der Waals surface area contributed by atoms with E-state index in [4.69, 9.17) is 28.9 Å². The Morgan fingerprint density at radius 3 is 2.26 bits per heavy atom. The predicted octanol–water partition coefficient (Wildman–Crippen LogP) is 1.21. The van der Waals surface area contributed by atoms with E-state index in [1.54, 1.807) is 11.0 Å². The van der Waals surface area contributed by atoms with E-state index in [1.165, 1.54) is 0 Å². The van der Waals surface area contributed by atoms with Gasteiger partial charge in [-0.15, -0.1) is 0 Å². The number of anilines is 1. The van der Waals surface area contributed by atoms with Crippen molar-refractivity contribution in [2.45, 2.75) is 24.8 Å². The number of halogens is 2. The second-order valence-corrected chi connectivity index (χ2v) is 7.80. The second kappa shape index (κ2) is 8.04. The van der Waals surface area contributed by atoms with E-state index in [1.807, 2.05) is 12.1 Å². The van der Waals surface area contributed by atoms with Crippen molar-refractivity contribution in [3.05, 3.63) is 28.2 Å². The van der Waals surface area contributed by atoms with Gasteiger partial charge in [0.25, 0.3) is 0 Å². The Kier molecular flexibility index (Phi) is 5.93. The van der Waals surface area contributed by atoms with E-state index in [-0.39, 0.29) is 43.4 Å². The number of Topliss-reactive ketones (excluding diaryl/α,β-unsaturated/α-hetero) is 1. The van der Waals surface area contributed by atoms with Gasteiger partial charge in [0.2, 0.25) is 11.8 Å². The number of nitrogens with zero attached hydrogens (tertiary/aromatic N) is 2. The molecule has 1 atom stereocenters. The third-order valence-corrected chi connectivity index (χ3v) is 5.63. The van der Waals surface area contributed by atoms with Gasteiger partial charge in [0.15, 0.2) is 5.78 Å². The summed E-state index contributed by atoms with van der Waals surface area (Å²) in [7, 11) is 0. The van der Waals surface area contributed by atoms with Crippen molar-refractivity contribution in [1.82, 2.24) is 10.2 Å². The van der Waals surface area contributed by atoms with Crippen LogP contribution in [-0.2, 0) is 14.4 Å². The summed E-state index contributed by atoms with van der Waals surface area (Å²) >= 11 is 12.1. The van der Waals surface area contributed by atoms with Crippen LogP contribution < -0.4 is 16.0 Å². The molecule has 27 heavy (non-hydrogen) atoms. The van der Waals surface area contributed by atoms with Crippen LogP contribution in [0.2, 0.25) is 10.0 Å². The molecular weight excluding hydrogens is 391 g/mol. The summed E-state index contributed by atoms with van der Waals surface area (Å²) in [6.45, 7) is 2.48. The van der Waals surface area contributed by atoms with E-state index in [2.05, 4.69) is 10.2 Å². The van der Waals surface area contributed by atoms with Gasteiger partial charge in [0, 0.05) is 54.9 Å². The highest BCUT2D eigenvalue weighted by atomic mass is 35.5. The molecule has 0 aromatic heterocycles. The van der Waals surface area contributed by atoms with E-state index < -0.39 is 5.54 Å². The maximum Gasteiger partial charge on any atom is 0.228 e. The molecule has 2 saturated heterocycles. The molecule has 0 radical (unpaired) electrons. The molecule has 7 nitrogen and oxygen atoms in total. The molecular formula is C18H22Cl2N4O3. The summed E-state index contributed by atoms with van der Waals surface area (Å²) in [4.78, 5) is 40.0. The maximum absolute atomic E-state index is 12.6. The molecule has 1 aromatic carbocycles. The smallest absolute Gasteiger partial charge is 0.228 e. The van der Waals surface area contributed by atoms with Crippen LogP contribution in [0.4, 0.5) is 5.69 Å². The number of rotatable bonds is 5. The average Bonchev–Trinajstić information content (AvgIpc) is 2.93. The largest absolute Gasteiger partial charge is 0.368 e. The first-order valence-electron chi connectivity index (χ1n) is 8.86. The van der Waals surface area contributed by atoms with E-state index in [0.29, 0.717) is 36.2 Å². The van der Waals surface area contributed by atoms with E-state index in [9.17, 15) is 14.4 Å². The minimum Gasteiger partial charge on any atom is -0.368 e. The second-order valence-electron chi connectivity index (χ2n) is 6.93. The number of carbonyl (C=O) groups is 3. The summed E-state index contributed by atoms with van der Waals surface area (Å²) in [5, 5.41) is 3.80. The van der Waals surface area contributed by atoms with Gasteiger partial charge in [-0.25, -0.2) is 0 Å². The summed E-state index contributed by atoms with van der Waals surface area (Å²) in [6.07, 6.45) is 0.246. The molecule has 2 aliphatic rings. The number of nitrogens with two attached hydrogens (primary N) is 1. The van der Waals surface area contributed by atoms with Gasteiger partial charge >= 0.3 is 0 Å². The number of ketones is 1. The van der Waals surface area contributed by atoms with Gasteiger partial charge in [0.1, 0.15) is 5.54 Å². The topological polar surface area (TPSA) is 95.7 Å². The molecule has 1 aromatic rings. The number of hydrogen-bond donors (Lipinski definition) is 2. The van der Waals surface area contributed by atoms with Crippen molar-refractivity contribution in [3.8, 4) is 0 Å². The molecule has 2 fully saturated rings. The number of amides is 2. The standard InChI is InChI=1S/C18H22Cl2N4O3/c19-12-7-13(20)9-14(8-12)23-3-5-24(6-4-23)17(27)1-2-18(11-21)15(25)10-16(26)22-18/h7-9H,1-6,10-11,21H2,(H,22,26). The molecule has 0 saturated carbocycles. The lowest BCUT2D eigenvalue weighted by Gasteiger charge is -2.37. The summed E-state index contributed by atoms with van der Waals surface area (Å²) in [5.41, 5.74) is 5.54. The van der Waals surface area contributed by atoms with Gasteiger partial charge in [-0.2, -0.15) is 0 Å². The molecule has 146 valence electrons. The van der Waals surface area contributed by atoms with Crippen molar-refractivity contribution < 1.29 is 14.4 Å². The lowest BCUT2D eigenvalue weighted by molar-refractivity contribution is -0.132. The van der Waals surface area contributed by atoms with Crippen LogP contribution in [0.5, 0.6) is 0 Å². The molecule has 3 N–H and O–H groups in total. The van der Waals surface area contributed by atoms with Gasteiger partial charge in [-0.05, 0) is 24.6 Å². The monoisotopic (exact) mass is 412 g/mol. The quantitative estimate of drug-likeness (QED) is 0.708. The third-order valence-electron chi connectivity index (χ3n) is 5.19. The lowest BCUT2D eigenvalue weighted by Crippen LogP contribution is -2.54. The van der Waals surface area contributed by atoms with Crippen LogP contribution in [0.1, 0.15) is 19.3 Å². The normalized spacial score (nSPS) is 22.9. The fourth-order valence-electron chi connectivity index (χ4n) is 3.58. The van der Waals surface area contributed by atoms with Crippen LogP contribution in [0, 0.1) is 0 Å². The average molecular weight is 413 g/mol. The molecule has 3 rings (SSSR count). The summed E-state index contributed by atoms with van der Waals surface area (Å²) in [6, 6.07) is 5.39. The molecule has 0 spiro atoms. The van der Waals surface area contributed by atoms with Crippen molar-refractivity contribution >= 4 is 46.5 Å². The van der Waals surface area contributed by atoms with E-state index in [0.717, 1.165) is 5.69 Å². The fraction of sp³-hybridized carbons (Fsp3) is 0.500. The molecule has 2 aliphatic heterocycles. The molecule has 1 unspecified atom stereocenters. The van der Waals surface area contributed by atoms with Crippen LogP contribution in [0.15, 0.2) is 18.2 Å². The number of benzene rings is 1. The van der Waals surface area contributed by atoms with Crippen LogP contribution in [-0.4, -0.2) is 60.8 Å². The Balaban J connectivity index is 1.54. The summed E-state index contributed by atoms with van der Waals surface area (Å²) < 4.78 is 0. The Labute approximate surface area is 167 Å². The highest BCUT2D eigenvalue weighted by molar-refractivity contribution is 6.35. The van der Waals surface area contributed by atoms with Crippen LogP contribution in [0.3, 0.4) is 0 Å². The van der Waals surface area contributed by atoms with Crippen molar-refractivity contribution in [3.63, 3.8) is 0 Å². The molecule has 9 heteroatoms. The minimum atomic E-state index is -1.09. The molecule has 2 heterocycles. The molecule has 0 aliphatic carbocycles. The SMILES string of the molecule is NCC1(CCC(=O)N2CCN(c3cc(Cl)cc(Cl)c3)CC2)NC(=O)CC1=O. The molecule has 0 bridgehead atoms. The minimum absolute atomic E-state index is 0.00809. The number of carbonyl (C=O) groups excluding carboxylic acids is 3. The zero-order valence-electron chi connectivity index (χ0n) is 14.8. The number of nitrogens with one attached hydrogen (secondary N) is 1. The summed E-state index contributed by atoms with van der Waals surface area (Å²) in [5.74, 6) is -0.599. The highest BCUT2D eigenvalue weighted by Gasteiger charge is 2.44. The van der Waals surface area contributed by atoms with Crippen molar-refractivity contribution in [1.29, 1.82) is 0 Å². The molecule has 2 amide bonds. The number of piperazine rings is 1. The zero-order valence-corrected chi connectivity index (χ0v) is 16.4. The maximum atomic E-state index is 12.6. The Morgan fingerprint density at radius 2 is 1.74 bits per heavy atom. The van der Waals surface area contributed by atoms with Gasteiger partial charge in [-0.1, -0.05) is 23.2 Å². The third kappa shape index (κ3) is 4.36. The first-order chi connectivity index (χ1) is 12.8. The first-order valence-corrected chi connectivity index (χ1v) is 9.62. The Bertz CT molecular complexity index is 745. The van der Waals surface area contributed by atoms with E-state index >= 15 is 0 Å². The predicted molar refractivity (Wildman–Crippen MR) is 104 cm³/mol. The fourth-order valence-corrected chi connectivity index (χ4v) is 4.09. The van der Waals surface area contributed by atoms with Crippen molar-refractivity contribution in [2.24, 2.45) is 5.73 Å². The van der Waals surface area contributed by atoms with Gasteiger partial charge in [0.05, 0.1) is 6.42 Å². The number of hydrogen-bond acceptors (Lipinski definition) is 5. The van der Waals surface area contributed by atoms with Crippen LogP contribution in [0.25, 0.3) is 0 Å². The zero-order chi connectivity index (χ0) is 19.6. The van der Waals surface area contributed by atoms with Crippen molar-refractivity contribution in [2.75, 3.05) is 37.6 Å². The van der Waals surface area contributed by atoms with Gasteiger partial charge < -0.3 is 20.9 Å². The Hall–Kier alpha value is -1.83.